The fraction of sp³-hybridized carbons (Fsp3) is 0.250. The van der Waals surface area contributed by atoms with Gasteiger partial charge in [0.2, 0.25) is 5.91 Å². The van der Waals surface area contributed by atoms with Gasteiger partial charge >= 0.3 is 5.97 Å². The van der Waals surface area contributed by atoms with Crippen molar-refractivity contribution in [3.63, 3.8) is 0 Å². The molecule has 0 fully saturated rings. The summed E-state index contributed by atoms with van der Waals surface area (Å²) in [5, 5.41) is 2.73. The molecule has 8 heteroatoms. The van der Waals surface area contributed by atoms with Crippen LogP contribution in [-0.2, 0) is 35.6 Å². The highest BCUT2D eigenvalue weighted by Gasteiger charge is 2.22. The Labute approximate surface area is 185 Å². The molecule has 1 aromatic heterocycles. The number of nitrogens with zero attached hydrogens (tertiary/aromatic N) is 3. The summed E-state index contributed by atoms with van der Waals surface area (Å²) in [4.78, 5) is 43.7. The van der Waals surface area contributed by atoms with Gasteiger partial charge in [0.05, 0.1) is 30.3 Å². The van der Waals surface area contributed by atoms with Crippen molar-refractivity contribution in [1.29, 1.82) is 0 Å². The van der Waals surface area contributed by atoms with E-state index in [0.29, 0.717) is 29.8 Å². The van der Waals surface area contributed by atoms with Gasteiger partial charge in [-0.1, -0.05) is 30.3 Å². The van der Waals surface area contributed by atoms with E-state index in [1.165, 1.54) is 23.6 Å². The normalized spacial score (nSPS) is 13.3. The Morgan fingerprint density at radius 3 is 2.56 bits per heavy atom. The van der Waals surface area contributed by atoms with Crippen LogP contribution in [0.25, 0.3) is 0 Å². The molecular formula is C24H24N4O4. The highest BCUT2D eigenvalue weighted by Crippen LogP contribution is 2.16. The Morgan fingerprint density at radius 2 is 1.84 bits per heavy atom. The van der Waals surface area contributed by atoms with Gasteiger partial charge in [0.25, 0.3) is 5.56 Å². The quantitative estimate of drug-likeness (QED) is 0.601. The number of hydrogen-bond donors (Lipinski definition) is 1. The fourth-order valence-electron chi connectivity index (χ4n) is 3.76. The van der Waals surface area contributed by atoms with Gasteiger partial charge in [-0.3, -0.25) is 19.1 Å². The van der Waals surface area contributed by atoms with Crippen LogP contribution in [0.1, 0.15) is 27.2 Å². The fourth-order valence-corrected chi connectivity index (χ4v) is 3.76. The molecule has 0 aliphatic carbocycles. The van der Waals surface area contributed by atoms with Crippen LogP contribution in [0.3, 0.4) is 0 Å². The molecule has 1 aliphatic rings. The minimum Gasteiger partial charge on any atom is -0.465 e. The molecule has 8 nitrogen and oxygen atoms in total. The van der Waals surface area contributed by atoms with Crippen molar-refractivity contribution < 1.29 is 14.3 Å². The van der Waals surface area contributed by atoms with Gasteiger partial charge in [0, 0.05) is 31.7 Å². The summed E-state index contributed by atoms with van der Waals surface area (Å²) in [6, 6.07) is 16.5. The van der Waals surface area contributed by atoms with Gasteiger partial charge in [-0.15, -0.1) is 0 Å². The number of fused-ring (bicyclic) bond motifs is 1. The van der Waals surface area contributed by atoms with E-state index in [4.69, 9.17) is 0 Å². The molecule has 1 N–H and O–H groups in total. The summed E-state index contributed by atoms with van der Waals surface area (Å²) in [6.07, 6.45) is 2.14. The Hall–Kier alpha value is -3.78. The first-order valence-electron chi connectivity index (χ1n) is 10.3. The van der Waals surface area contributed by atoms with E-state index in [1.807, 2.05) is 18.2 Å². The molecule has 164 valence electrons. The second kappa shape index (κ2) is 9.57. The third kappa shape index (κ3) is 4.92. The van der Waals surface area contributed by atoms with Crippen molar-refractivity contribution in [2.45, 2.75) is 26.1 Å². The number of hydrogen-bond acceptors (Lipinski definition) is 6. The van der Waals surface area contributed by atoms with Crippen LogP contribution in [0, 0.1) is 0 Å². The summed E-state index contributed by atoms with van der Waals surface area (Å²) in [5.41, 5.74) is 3.36. The highest BCUT2D eigenvalue weighted by molar-refractivity contribution is 5.92. The predicted octanol–water partition coefficient (Wildman–Crippen LogP) is 2.23. The van der Waals surface area contributed by atoms with Crippen molar-refractivity contribution in [3.05, 3.63) is 93.7 Å². The topological polar surface area (TPSA) is 93.5 Å². The van der Waals surface area contributed by atoms with Crippen LogP contribution in [0.15, 0.2) is 65.7 Å². The number of rotatable bonds is 6. The minimum atomic E-state index is -0.448. The Kier molecular flexibility index (Phi) is 6.42. The molecule has 3 aromatic rings. The maximum absolute atomic E-state index is 13.0. The third-order valence-corrected chi connectivity index (χ3v) is 5.42. The summed E-state index contributed by atoms with van der Waals surface area (Å²) >= 11 is 0. The van der Waals surface area contributed by atoms with Gasteiger partial charge in [-0.2, -0.15) is 0 Å². The molecule has 4 rings (SSSR count). The highest BCUT2D eigenvalue weighted by atomic mass is 16.5. The van der Waals surface area contributed by atoms with Gasteiger partial charge < -0.3 is 10.1 Å². The molecule has 0 atom stereocenters. The molecule has 0 saturated carbocycles. The Balaban J connectivity index is 1.43. The largest absolute Gasteiger partial charge is 0.465 e. The van der Waals surface area contributed by atoms with E-state index < -0.39 is 5.97 Å². The molecule has 0 radical (unpaired) electrons. The number of amides is 1. The first-order chi connectivity index (χ1) is 15.5. The molecular weight excluding hydrogens is 408 g/mol. The number of carbonyl (C=O) groups is 2. The molecule has 0 unspecified atom stereocenters. The van der Waals surface area contributed by atoms with Crippen LogP contribution >= 0.6 is 0 Å². The lowest BCUT2D eigenvalue weighted by molar-refractivity contribution is -0.116. The van der Waals surface area contributed by atoms with Gasteiger partial charge in [-0.25, -0.2) is 9.78 Å². The summed E-state index contributed by atoms with van der Waals surface area (Å²) in [6.45, 7) is 1.96. The number of anilines is 1. The van der Waals surface area contributed by atoms with E-state index in [0.717, 1.165) is 18.8 Å². The van der Waals surface area contributed by atoms with E-state index in [2.05, 4.69) is 32.1 Å². The van der Waals surface area contributed by atoms with Crippen molar-refractivity contribution in [1.82, 2.24) is 14.5 Å². The van der Waals surface area contributed by atoms with Crippen molar-refractivity contribution >= 4 is 17.6 Å². The number of aromatic nitrogens is 2. The first kappa shape index (κ1) is 21.5. The predicted molar refractivity (Wildman–Crippen MR) is 119 cm³/mol. The minimum absolute atomic E-state index is 0.142. The zero-order valence-corrected chi connectivity index (χ0v) is 17.8. The lowest BCUT2D eigenvalue weighted by Gasteiger charge is -2.28. The van der Waals surface area contributed by atoms with Gasteiger partial charge in [0.1, 0.15) is 6.54 Å². The van der Waals surface area contributed by atoms with Gasteiger partial charge in [-0.05, 0) is 29.8 Å². The SMILES string of the molecule is COC(=O)c1ccc(NC(=O)Cn2cnc3c(c2=O)CN(Cc2ccccc2)CC3)cc1. The van der Waals surface area contributed by atoms with Crippen molar-refractivity contribution in [3.8, 4) is 0 Å². The second-order valence-corrected chi connectivity index (χ2v) is 7.67. The number of methoxy groups -OCH3 is 1. The van der Waals surface area contributed by atoms with Crippen LogP contribution in [-0.4, -0.2) is 40.0 Å². The summed E-state index contributed by atoms with van der Waals surface area (Å²) in [7, 11) is 1.31. The lowest BCUT2D eigenvalue weighted by Crippen LogP contribution is -2.38. The average molecular weight is 432 g/mol. The molecule has 0 spiro atoms. The van der Waals surface area contributed by atoms with Crippen molar-refractivity contribution in [2.24, 2.45) is 0 Å². The van der Waals surface area contributed by atoms with Crippen molar-refractivity contribution in [2.75, 3.05) is 19.0 Å². The number of carbonyl (C=O) groups excluding carboxylic acids is 2. The number of nitrogens with one attached hydrogen (secondary N) is 1. The van der Waals surface area contributed by atoms with Crippen LogP contribution in [0.4, 0.5) is 5.69 Å². The Morgan fingerprint density at radius 1 is 1.09 bits per heavy atom. The maximum atomic E-state index is 13.0. The Bertz CT molecular complexity index is 1170. The average Bonchev–Trinajstić information content (AvgIpc) is 2.82. The summed E-state index contributed by atoms with van der Waals surface area (Å²) in [5.74, 6) is -0.799. The van der Waals surface area contributed by atoms with E-state index in [-0.39, 0.29) is 18.0 Å². The molecule has 2 heterocycles. The maximum Gasteiger partial charge on any atom is 0.337 e. The van der Waals surface area contributed by atoms with E-state index in [1.54, 1.807) is 24.3 Å². The van der Waals surface area contributed by atoms with Crippen LogP contribution in [0.5, 0.6) is 0 Å². The first-order valence-corrected chi connectivity index (χ1v) is 10.3. The molecule has 1 aliphatic heterocycles. The molecule has 1 amide bonds. The van der Waals surface area contributed by atoms with Gasteiger partial charge in [0.15, 0.2) is 0 Å². The van der Waals surface area contributed by atoms with Crippen LogP contribution < -0.4 is 10.9 Å². The summed E-state index contributed by atoms with van der Waals surface area (Å²) < 4.78 is 6.00. The zero-order chi connectivity index (χ0) is 22.5. The molecule has 2 aromatic carbocycles. The van der Waals surface area contributed by atoms with Crippen LogP contribution in [0.2, 0.25) is 0 Å². The van der Waals surface area contributed by atoms with E-state index >= 15 is 0 Å². The molecule has 0 saturated heterocycles. The molecule has 32 heavy (non-hydrogen) atoms. The number of ether oxygens (including phenoxy) is 1. The lowest BCUT2D eigenvalue weighted by atomic mass is 10.1. The smallest absolute Gasteiger partial charge is 0.337 e. The monoisotopic (exact) mass is 432 g/mol. The number of benzene rings is 2. The second-order valence-electron chi connectivity index (χ2n) is 7.67. The third-order valence-electron chi connectivity index (χ3n) is 5.42. The molecule has 0 bridgehead atoms. The van der Waals surface area contributed by atoms with E-state index in [9.17, 15) is 14.4 Å². The number of esters is 1. The zero-order valence-electron chi connectivity index (χ0n) is 17.8. The standard InChI is InChI=1S/C24H24N4O4/c1-32-24(31)18-7-9-19(10-8-18)26-22(29)15-28-16-25-21-11-12-27(14-20(21)23(28)30)13-17-5-3-2-4-6-17/h2-10,16H,11-15H2,1H3,(H,26,29).